The number of rotatable bonds is 5. The Balaban J connectivity index is 1.75. The topological polar surface area (TPSA) is 51.6 Å². The highest BCUT2D eigenvalue weighted by Crippen LogP contribution is 2.33. The molecule has 0 saturated carbocycles. The van der Waals surface area contributed by atoms with Crippen LogP contribution in [0.3, 0.4) is 0 Å². The van der Waals surface area contributed by atoms with E-state index in [9.17, 15) is 0 Å². The molecule has 0 atom stereocenters. The van der Waals surface area contributed by atoms with Gasteiger partial charge in [-0.15, -0.1) is 5.10 Å². The average Bonchev–Trinajstić information content (AvgIpc) is 2.90. The second-order valence-electron chi connectivity index (χ2n) is 7.47. The van der Waals surface area contributed by atoms with Gasteiger partial charge in [-0.25, -0.2) is 4.68 Å². The predicted octanol–water partition coefficient (Wildman–Crippen LogP) is 3.92. The maximum absolute atomic E-state index is 5.50. The Bertz CT molecular complexity index is 839. The molecular weight excluding hydrogens is 368 g/mol. The van der Waals surface area contributed by atoms with E-state index in [2.05, 4.69) is 48.2 Å². The van der Waals surface area contributed by atoms with Crippen LogP contribution in [-0.2, 0) is 19.6 Å². The highest BCUT2D eigenvalue weighted by Gasteiger charge is 2.21. The van der Waals surface area contributed by atoms with Crippen LogP contribution in [0.4, 0.5) is 5.13 Å². The molecule has 0 aliphatic carbocycles. The van der Waals surface area contributed by atoms with Crippen molar-refractivity contribution in [2.24, 2.45) is 0 Å². The molecule has 1 aromatic carbocycles. The van der Waals surface area contributed by atoms with Crippen LogP contribution in [0.25, 0.3) is 0 Å². The minimum atomic E-state index is -0.0306. The first-order valence-corrected chi connectivity index (χ1v) is 9.84. The normalized spacial score (nSPS) is 14.8. The maximum Gasteiger partial charge on any atom is 0.205 e. The van der Waals surface area contributed by atoms with Gasteiger partial charge in [0.05, 0.1) is 20.9 Å². The van der Waals surface area contributed by atoms with Gasteiger partial charge in [0.15, 0.2) is 15.5 Å². The Kier molecular flexibility index (Phi) is 5.55. The van der Waals surface area contributed by atoms with E-state index in [1.165, 1.54) is 22.5 Å². The lowest BCUT2D eigenvalue weighted by atomic mass is 9.99. The van der Waals surface area contributed by atoms with Gasteiger partial charge in [0.1, 0.15) is 0 Å². The molecule has 1 aromatic heterocycles. The van der Waals surface area contributed by atoms with Crippen LogP contribution < -0.4 is 14.8 Å². The molecule has 0 spiro atoms. The first-order valence-electron chi connectivity index (χ1n) is 8.61. The highest BCUT2D eigenvalue weighted by atomic mass is 32.1. The number of nitrogens with zero attached hydrogens (tertiary/aromatic N) is 3. The molecule has 2 heterocycles. The van der Waals surface area contributed by atoms with Crippen molar-refractivity contribution >= 4 is 28.7 Å². The van der Waals surface area contributed by atoms with E-state index in [-0.39, 0.29) is 5.54 Å². The zero-order valence-corrected chi connectivity index (χ0v) is 17.6. The molecule has 0 unspecified atom stereocenters. The molecule has 0 radical (unpaired) electrons. The van der Waals surface area contributed by atoms with E-state index in [0.29, 0.717) is 6.67 Å². The monoisotopic (exact) mass is 394 g/mol. The molecule has 3 rings (SSSR count). The Morgan fingerprint density at radius 2 is 1.85 bits per heavy atom. The van der Waals surface area contributed by atoms with Crippen molar-refractivity contribution in [2.75, 3.05) is 26.1 Å². The number of anilines is 1. The SMILES string of the molecule is COc1cc2c(cc1OC)CN(Cn1nc(NC(C)(C)C)sc1=S)CC2. The van der Waals surface area contributed by atoms with E-state index in [0.717, 1.165) is 40.1 Å². The Morgan fingerprint density at radius 3 is 2.46 bits per heavy atom. The van der Waals surface area contributed by atoms with Crippen LogP contribution in [0.2, 0.25) is 0 Å². The lowest BCUT2D eigenvalue weighted by Crippen LogP contribution is -2.33. The van der Waals surface area contributed by atoms with Gasteiger partial charge in [0, 0.05) is 18.6 Å². The first kappa shape index (κ1) is 19.1. The van der Waals surface area contributed by atoms with Crippen molar-refractivity contribution in [1.29, 1.82) is 0 Å². The number of methoxy groups -OCH3 is 2. The van der Waals surface area contributed by atoms with Gasteiger partial charge >= 0.3 is 0 Å². The molecule has 1 N–H and O–H groups in total. The van der Waals surface area contributed by atoms with Crippen molar-refractivity contribution in [1.82, 2.24) is 14.7 Å². The fourth-order valence-corrected chi connectivity index (χ4v) is 4.22. The molecule has 142 valence electrons. The minimum absolute atomic E-state index is 0.0306. The summed E-state index contributed by atoms with van der Waals surface area (Å²) in [7, 11) is 3.34. The molecule has 1 aliphatic rings. The van der Waals surface area contributed by atoms with E-state index in [4.69, 9.17) is 21.7 Å². The number of hydrogen-bond acceptors (Lipinski definition) is 7. The second kappa shape index (κ2) is 7.54. The van der Waals surface area contributed by atoms with Crippen LogP contribution >= 0.6 is 23.6 Å². The third kappa shape index (κ3) is 4.36. The molecule has 1 aliphatic heterocycles. The van der Waals surface area contributed by atoms with Gasteiger partial charge in [-0.2, -0.15) is 0 Å². The predicted molar refractivity (Wildman–Crippen MR) is 108 cm³/mol. The smallest absolute Gasteiger partial charge is 0.205 e. The van der Waals surface area contributed by atoms with E-state index < -0.39 is 0 Å². The van der Waals surface area contributed by atoms with Crippen molar-refractivity contribution in [3.05, 3.63) is 27.2 Å². The Hall–Kier alpha value is -1.64. The molecule has 0 amide bonds. The zero-order valence-electron chi connectivity index (χ0n) is 16.0. The number of hydrogen-bond donors (Lipinski definition) is 1. The molecule has 26 heavy (non-hydrogen) atoms. The molecule has 0 fully saturated rings. The number of fused-ring (bicyclic) bond motifs is 1. The molecule has 2 aromatic rings. The van der Waals surface area contributed by atoms with Crippen molar-refractivity contribution < 1.29 is 9.47 Å². The van der Waals surface area contributed by atoms with E-state index in [1.54, 1.807) is 14.2 Å². The summed E-state index contributed by atoms with van der Waals surface area (Å²) >= 11 is 7.02. The van der Waals surface area contributed by atoms with Crippen molar-refractivity contribution in [2.45, 2.75) is 45.9 Å². The van der Waals surface area contributed by atoms with Crippen molar-refractivity contribution in [3.63, 3.8) is 0 Å². The van der Waals surface area contributed by atoms with E-state index in [1.807, 2.05) is 4.68 Å². The quantitative estimate of drug-likeness (QED) is 0.776. The van der Waals surface area contributed by atoms with Crippen LogP contribution in [0.15, 0.2) is 12.1 Å². The van der Waals surface area contributed by atoms with Gasteiger partial charge in [-0.3, -0.25) is 4.90 Å². The molecule has 6 nitrogen and oxygen atoms in total. The number of aromatic nitrogens is 2. The zero-order chi connectivity index (χ0) is 18.9. The Morgan fingerprint density at radius 1 is 1.19 bits per heavy atom. The van der Waals surface area contributed by atoms with E-state index >= 15 is 0 Å². The summed E-state index contributed by atoms with van der Waals surface area (Å²) in [6.45, 7) is 8.84. The third-order valence-electron chi connectivity index (χ3n) is 4.22. The maximum atomic E-state index is 5.50. The van der Waals surface area contributed by atoms with Gasteiger partial charge in [0.25, 0.3) is 0 Å². The highest BCUT2D eigenvalue weighted by molar-refractivity contribution is 7.73. The number of nitrogens with one attached hydrogen (secondary N) is 1. The number of ether oxygens (including phenoxy) is 2. The van der Waals surface area contributed by atoms with Gasteiger partial charge < -0.3 is 14.8 Å². The summed E-state index contributed by atoms with van der Waals surface area (Å²) in [5.41, 5.74) is 2.55. The van der Waals surface area contributed by atoms with Gasteiger partial charge in [-0.05, 0) is 62.7 Å². The van der Waals surface area contributed by atoms with Crippen LogP contribution in [0, 0.1) is 3.95 Å². The first-order chi connectivity index (χ1) is 12.3. The Labute approximate surface area is 163 Å². The lowest BCUT2D eigenvalue weighted by molar-refractivity contribution is 0.188. The summed E-state index contributed by atoms with van der Waals surface area (Å²) in [4.78, 5) is 2.35. The van der Waals surface area contributed by atoms with Gasteiger partial charge in [-0.1, -0.05) is 11.3 Å². The fraction of sp³-hybridized carbons (Fsp3) is 0.556. The van der Waals surface area contributed by atoms with Crippen LogP contribution in [0.1, 0.15) is 31.9 Å². The minimum Gasteiger partial charge on any atom is -0.493 e. The molecule has 0 bridgehead atoms. The third-order valence-corrected chi connectivity index (χ3v) is 5.44. The lowest BCUT2D eigenvalue weighted by Gasteiger charge is -2.29. The summed E-state index contributed by atoms with van der Waals surface area (Å²) in [5, 5.41) is 8.90. The number of benzene rings is 1. The molecule has 8 heteroatoms. The fourth-order valence-electron chi connectivity index (χ4n) is 3.02. The van der Waals surface area contributed by atoms with Crippen molar-refractivity contribution in [3.8, 4) is 11.5 Å². The molecular formula is C18H26N4O2S2. The standard InChI is InChI=1S/C18H26N4O2S2/c1-18(2,3)19-16-20-22(17(25)26-16)11-21-7-6-12-8-14(23-4)15(24-5)9-13(12)10-21/h8-9H,6-7,10-11H2,1-5H3,(H,19,20). The summed E-state index contributed by atoms with van der Waals surface area (Å²) in [5.74, 6) is 1.56. The second-order valence-corrected chi connectivity index (χ2v) is 9.09. The van der Waals surface area contributed by atoms with Gasteiger partial charge in [0.2, 0.25) is 5.13 Å². The largest absolute Gasteiger partial charge is 0.493 e. The van der Waals surface area contributed by atoms with Crippen LogP contribution in [-0.4, -0.2) is 41.0 Å². The van der Waals surface area contributed by atoms with Crippen LogP contribution in [0.5, 0.6) is 11.5 Å². The molecule has 0 saturated heterocycles. The summed E-state index contributed by atoms with van der Waals surface area (Å²) in [6.07, 6.45) is 0.972. The average molecular weight is 395 g/mol. The summed E-state index contributed by atoms with van der Waals surface area (Å²) in [6, 6.07) is 4.17. The summed E-state index contributed by atoms with van der Waals surface area (Å²) < 4.78 is 13.5.